The molecule has 1 aromatic heterocycles. The number of piperidine rings is 1. The van der Waals surface area contributed by atoms with Crippen LogP contribution in [0.1, 0.15) is 44.0 Å². The van der Waals surface area contributed by atoms with E-state index in [2.05, 4.69) is 48.0 Å². The Hall–Kier alpha value is -1.32. The largest absolute Gasteiger partial charge is 0.388 e. The first-order valence-corrected chi connectivity index (χ1v) is 8.17. The van der Waals surface area contributed by atoms with E-state index in [0.29, 0.717) is 0 Å². The van der Waals surface area contributed by atoms with Crippen molar-refractivity contribution in [3.63, 3.8) is 0 Å². The van der Waals surface area contributed by atoms with Crippen LogP contribution in [0.2, 0.25) is 0 Å². The van der Waals surface area contributed by atoms with Crippen molar-refractivity contribution < 1.29 is 5.11 Å². The van der Waals surface area contributed by atoms with Crippen LogP contribution in [-0.2, 0) is 6.42 Å². The van der Waals surface area contributed by atoms with Gasteiger partial charge >= 0.3 is 0 Å². The lowest BCUT2D eigenvalue weighted by molar-refractivity contribution is -0.117. The van der Waals surface area contributed by atoms with Crippen LogP contribution < -0.4 is 0 Å². The molecule has 2 aromatic rings. The van der Waals surface area contributed by atoms with Crippen molar-refractivity contribution in [2.75, 3.05) is 13.1 Å². The van der Waals surface area contributed by atoms with E-state index in [0.717, 1.165) is 32.4 Å². The molecular weight excluding hydrogens is 260 g/mol. The van der Waals surface area contributed by atoms with Crippen LogP contribution in [0.3, 0.4) is 0 Å². The predicted octanol–water partition coefficient (Wildman–Crippen LogP) is 3.25. The number of hydrogen-bond acceptors (Lipinski definition) is 2. The first-order valence-electron chi connectivity index (χ1n) is 8.17. The van der Waals surface area contributed by atoms with E-state index in [9.17, 15) is 5.11 Å². The zero-order valence-electron chi connectivity index (χ0n) is 12.9. The van der Waals surface area contributed by atoms with Crippen molar-refractivity contribution in [3.8, 4) is 0 Å². The quantitative estimate of drug-likeness (QED) is 0.844. The van der Waals surface area contributed by atoms with Gasteiger partial charge < -0.3 is 10.1 Å². The number of nitrogens with one attached hydrogen (secondary N) is 1. The number of benzene rings is 1. The van der Waals surface area contributed by atoms with Gasteiger partial charge in [-0.05, 0) is 43.4 Å². The number of aromatic amines is 1. The van der Waals surface area contributed by atoms with Crippen molar-refractivity contribution in [1.82, 2.24) is 9.88 Å². The summed E-state index contributed by atoms with van der Waals surface area (Å²) < 4.78 is 0. The maximum absolute atomic E-state index is 11.4. The third kappa shape index (κ3) is 1.80. The Balaban J connectivity index is 1.91. The topological polar surface area (TPSA) is 39.3 Å². The molecule has 0 unspecified atom stereocenters. The van der Waals surface area contributed by atoms with Crippen molar-refractivity contribution in [2.45, 2.75) is 44.8 Å². The summed E-state index contributed by atoms with van der Waals surface area (Å²) in [5.74, 6) is 0.266. The molecule has 2 aliphatic heterocycles. The summed E-state index contributed by atoms with van der Waals surface area (Å²) >= 11 is 0. The fourth-order valence-corrected chi connectivity index (χ4v) is 4.40. The van der Waals surface area contributed by atoms with Crippen LogP contribution in [0.4, 0.5) is 0 Å². The van der Waals surface area contributed by atoms with E-state index in [4.69, 9.17) is 0 Å². The number of H-pyrrole nitrogens is 1. The SMILES string of the molecule is CC(C)[C@@]1(O)CCCN2CCc3c([nH]c4ccccc34)[C@H]21. The molecule has 3 heterocycles. The Bertz CT molecular complexity index is 675. The third-order valence-electron chi connectivity index (χ3n) is 5.63. The summed E-state index contributed by atoms with van der Waals surface area (Å²) in [6.45, 7) is 6.48. The fraction of sp³-hybridized carbons (Fsp3) is 0.556. The fourth-order valence-electron chi connectivity index (χ4n) is 4.40. The average Bonchev–Trinajstić information content (AvgIpc) is 2.85. The van der Waals surface area contributed by atoms with E-state index < -0.39 is 5.60 Å². The highest BCUT2D eigenvalue weighted by molar-refractivity contribution is 5.85. The van der Waals surface area contributed by atoms with E-state index in [1.807, 2.05) is 0 Å². The summed E-state index contributed by atoms with van der Waals surface area (Å²) in [5, 5.41) is 12.7. The van der Waals surface area contributed by atoms with Gasteiger partial charge in [-0.3, -0.25) is 4.90 Å². The summed E-state index contributed by atoms with van der Waals surface area (Å²) in [6.07, 6.45) is 3.09. The zero-order valence-corrected chi connectivity index (χ0v) is 12.9. The smallest absolute Gasteiger partial charge is 0.0881 e. The number of para-hydroxylation sites is 1. The first kappa shape index (κ1) is 13.4. The first-order chi connectivity index (χ1) is 10.1. The van der Waals surface area contributed by atoms with Gasteiger partial charge in [-0.2, -0.15) is 0 Å². The Kier molecular flexibility index (Phi) is 2.92. The summed E-state index contributed by atoms with van der Waals surface area (Å²) in [6, 6.07) is 8.67. The summed E-state index contributed by atoms with van der Waals surface area (Å²) in [7, 11) is 0. The molecule has 3 heteroatoms. The highest BCUT2D eigenvalue weighted by Gasteiger charge is 2.49. The van der Waals surface area contributed by atoms with E-state index in [-0.39, 0.29) is 12.0 Å². The summed E-state index contributed by atoms with van der Waals surface area (Å²) in [4.78, 5) is 6.11. The minimum Gasteiger partial charge on any atom is -0.388 e. The molecule has 3 nitrogen and oxygen atoms in total. The van der Waals surface area contributed by atoms with E-state index in [1.165, 1.54) is 22.2 Å². The molecule has 1 saturated heterocycles. The number of fused-ring (bicyclic) bond motifs is 5. The molecule has 0 bridgehead atoms. The molecule has 2 N–H and O–H groups in total. The molecule has 2 atom stereocenters. The number of aromatic nitrogens is 1. The Morgan fingerprint density at radius 1 is 1.29 bits per heavy atom. The van der Waals surface area contributed by atoms with Gasteiger partial charge in [0.2, 0.25) is 0 Å². The number of rotatable bonds is 1. The van der Waals surface area contributed by atoms with Gasteiger partial charge in [0.15, 0.2) is 0 Å². The molecule has 0 radical (unpaired) electrons. The zero-order chi connectivity index (χ0) is 14.6. The van der Waals surface area contributed by atoms with Crippen LogP contribution in [-0.4, -0.2) is 33.7 Å². The average molecular weight is 284 g/mol. The second-order valence-electron chi connectivity index (χ2n) is 7.00. The molecule has 2 aliphatic rings. The monoisotopic (exact) mass is 284 g/mol. The van der Waals surface area contributed by atoms with Gasteiger partial charge in [0, 0.05) is 23.1 Å². The lowest BCUT2D eigenvalue weighted by Crippen LogP contribution is -2.55. The number of aliphatic hydroxyl groups is 1. The van der Waals surface area contributed by atoms with Crippen LogP contribution in [0.5, 0.6) is 0 Å². The predicted molar refractivity (Wildman–Crippen MR) is 85.3 cm³/mol. The van der Waals surface area contributed by atoms with Crippen LogP contribution in [0, 0.1) is 5.92 Å². The van der Waals surface area contributed by atoms with Gasteiger partial charge in [-0.1, -0.05) is 32.0 Å². The van der Waals surface area contributed by atoms with Gasteiger partial charge in [-0.25, -0.2) is 0 Å². The molecular formula is C18H24N2O. The van der Waals surface area contributed by atoms with Crippen molar-refractivity contribution in [1.29, 1.82) is 0 Å². The maximum atomic E-state index is 11.4. The normalized spacial score (nSPS) is 29.6. The minimum absolute atomic E-state index is 0.127. The molecule has 112 valence electrons. The molecule has 1 fully saturated rings. The highest BCUT2D eigenvalue weighted by atomic mass is 16.3. The number of hydrogen-bond donors (Lipinski definition) is 2. The van der Waals surface area contributed by atoms with Gasteiger partial charge in [0.05, 0.1) is 11.6 Å². The van der Waals surface area contributed by atoms with Gasteiger partial charge in [0.25, 0.3) is 0 Å². The Labute approximate surface area is 126 Å². The standard InChI is InChI=1S/C18H24N2O/c1-12(2)18(21)9-5-10-20-11-8-14-13-6-3-4-7-15(13)19-16(14)17(18)20/h3-4,6-7,12,17,19,21H,5,8-11H2,1-2H3/t17-,18-/m0/s1. The second-order valence-corrected chi connectivity index (χ2v) is 7.00. The van der Waals surface area contributed by atoms with Crippen LogP contribution in [0.25, 0.3) is 10.9 Å². The van der Waals surface area contributed by atoms with Crippen LogP contribution >= 0.6 is 0 Å². The van der Waals surface area contributed by atoms with Crippen LogP contribution in [0.15, 0.2) is 24.3 Å². The number of nitrogens with zero attached hydrogens (tertiary/aromatic N) is 1. The molecule has 0 aliphatic carbocycles. The highest BCUT2D eigenvalue weighted by Crippen LogP contribution is 2.47. The lowest BCUT2D eigenvalue weighted by Gasteiger charge is -2.51. The lowest BCUT2D eigenvalue weighted by atomic mass is 9.73. The van der Waals surface area contributed by atoms with Gasteiger partial charge in [0.1, 0.15) is 0 Å². The minimum atomic E-state index is -0.617. The van der Waals surface area contributed by atoms with E-state index >= 15 is 0 Å². The molecule has 1 aromatic carbocycles. The molecule has 0 saturated carbocycles. The van der Waals surface area contributed by atoms with Crippen molar-refractivity contribution >= 4 is 10.9 Å². The van der Waals surface area contributed by atoms with E-state index in [1.54, 1.807) is 0 Å². The Morgan fingerprint density at radius 2 is 2.10 bits per heavy atom. The van der Waals surface area contributed by atoms with Crippen molar-refractivity contribution in [3.05, 3.63) is 35.5 Å². The molecule has 0 amide bonds. The summed E-state index contributed by atoms with van der Waals surface area (Å²) in [5.41, 5.74) is 3.28. The Morgan fingerprint density at radius 3 is 2.90 bits per heavy atom. The van der Waals surface area contributed by atoms with Gasteiger partial charge in [-0.15, -0.1) is 0 Å². The maximum Gasteiger partial charge on any atom is 0.0881 e. The third-order valence-corrected chi connectivity index (χ3v) is 5.63. The second kappa shape index (κ2) is 4.59. The molecule has 21 heavy (non-hydrogen) atoms. The molecule has 0 spiro atoms. The van der Waals surface area contributed by atoms with Crippen molar-refractivity contribution in [2.24, 2.45) is 5.92 Å². The molecule has 4 rings (SSSR count).